The van der Waals surface area contributed by atoms with Gasteiger partial charge < -0.3 is 30.3 Å². The molecule has 1 aliphatic rings. The highest BCUT2D eigenvalue weighted by molar-refractivity contribution is 5.99. The maximum Gasteiger partial charge on any atom is 0.471 e. The molecule has 2 heterocycles. The maximum atomic E-state index is 13.5. The number of piperazine rings is 1. The number of hydrogen-bond acceptors (Lipinski definition) is 7. The Labute approximate surface area is 281 Å². The zero-order valence-electron chi connectivity index (χ0n) is 27.8. The lowest BCUT2D eigenvalue weighted by molar-refractivity contribution is -0.188. The quantitative estimate of drug-likeness (QED) is 0.346. The first-order chi connectivity index (χ1) is 22.8. The summed E-state index contributed by atoms with van der Waals surface area (Å²) in [5.41, 5.74) is 2.49. The van der Waals surface area contributed by atoms with E-state index in [0.29, 0.717) is 27.3 Å². The number of nitrogens with zero attached hydrogens (tertiary/aromatic N) is 4. The highest BCUT2D eigenvalue weighted by Gasteiger charge is 2.47. The van der Waals surface area contributed by atoms with Crippen LogP contribution in [0.1, 0.15) is 44.4 Å². The molecular formula is C34H37F3N6O6. The summed E-state index contributed by atoms with van der Waals surface area (Å²) in [7, 11) is 1.73. The van der Waals surface area contributed by atoms with Crippen molar-refractivity contribution in [2.45, 2.75) is 58.5 Å². The van der Waals surface area contributed by atoms with Crippen molar-refractivity contribution in [3.05, 3.63) is 65.4 Å². The molecule has 15 heteroatoms. The second-order valence-corrected chi connectivity index (χ2v) is 12.6. The number of aromatic hydroxyl groups is 1. The Kier molecular flexibility index (Phi) is 10.6. The number of benzene rings is 2. The van der Waals surface area contributed by atoms with Crippen molar-refractivity contribution in [2.75, 3.05) is 25.0 Å². The number of phenolic OH excluding ortho intramolecular Hbond substituents is 1. The van der Waals surface area contributed by atoms with E-state index < -0.39 is 60.8 Å². The zero-order valence-corrected chi connectivity index (χ0v) is 27.8. The molecule has 3 N–H and O–H groups in total. The molecule has 49 heavy (non-hydrogen) atoms. The van der Waals surface area contributed by atoms with Crippen LogP contribution in [0.2, 0.25) is 0 Å². The molecule has 12 nitrogen and oxygen atoms in total. The van der Waals surface area contributed by atoms with Gasteiger partial charge in [-0.3, -0.25) is 19.1 Å². The average molecular weight is 683 g/mol. The van der Waals surface area contributed by atoms with Gasteiger partial charge in [0.2, 0.25) is 11.8 Å². The van der Waals surface area contributed by atoms with Crippen LogP contribution in [0.4, 0.5) is 23.7 Å². The molecule has 1 aliphatic heterocycles. The number of ether oxygens (including phenoxy) is 1. The van der Waals surface area contributed by atoms with Crippen molar-refractivity contribution in [3.63, 3.8) is 0 Å². The molecule has 0 spiro atoms. The third-order valence-corrected chi connectivity index (χ3v) is 7.33. The van der Waals surface area contributed by atoms with Crippen molar-refractivity contribution in [1.82, 2.24) is 24.9 Å². The lowest BCUT2D eigenvalue weighted by Crippen LogP contribution is -2.64. The summed E-state index contributed by atoms with van der Waals surface area (Å²) >= 11 is 0. The molecule has 2 atom stereocenters. The van der Waals surface area contributed by atoms with Crippen molar-refractivity contribution in [1.29, 1.82) is 0 Å². The Bertz CT molecular complexity index is 1800. The topological polar surface area (TPSA) is 146 Å². The third-order valence-electron chi connectivity index (χ3n) is 7.33. The lowest BCUT2D eigenvalue weighted by Gasteiger charge is -2.41. The van der Waals surface area contributed by atoms with E-state index in [1.165, 1.54) is 19.1 Å². The molecule has 1 saturated heterocycles. The summed E-state index contributed by atoms with van der Waals surface area (Å²) in [6.45, 7) is 6.56. The van der Waals surface area contributed by atoms with Gasteiger partial charge >= 0.3 is 18.2 Å². The number of aromatic nitrogens is 2. The van der Waals surface area contributed by atoms with E-state index >= 15 is 0 Å². The van der Waals surface area contributed by atoms with Gasteiger partial charge in [-0.25, -0.2) is 4.79 Å². The van der Waals surface area contributed by atoms with Crippen molar-refractivity contribution in [2.24, 2.45) is 7.05 Å². The SMILES string of the molecule is Cc1ccc(O)c(-c2nn(C)cc2C#Cc2ccc(NC(=O)[C@@H]3CN(C(=O)C(F)(F)F)CCN3C(=O)[C@@H](C)NC(=O)OC(C)(C)C)cc2)c1. The molecule has 0 saturated carbocycles. The number of carbonyl (C=O) groups excluding carboxylic acids is 4. The monoisotopic (exact) mass is 682 g/mol. The number of halogens is 3. The van der Waals surface area contributed by atoms with Crippen LogP contribution in [0.3, 0.4) is 0 Å². The Morgan fingerprint density at radius 3 is 2.35 bits per heavy atom. The van der Waals surface area contributed by atoms with E-state index in [2.05, 4.69) is 27.6 Å². The van der Waals surface area contributed by atoms with Crippen LogP contribution < -0.4 is 10.6 Å². The normalized spacial score (nSPS) is 15.5. The minimum Gasteiger partial charge on any atom is -0.507 e. The van der Waals surface area contributed by atoms with Gasteiger partial charge in [0.1, 0.15) is 29.1 Å². The fourth-order valence-electron chi connectivity index (χ4n) is 5.05. The molecule has 0 aliphatic carbocycles. The molecule has 0 radical (unpaired) electrons. The number of carbonyl (C=O) groups is 4. The third kappa shape index (κ3) is 9.31. The highest BCUT2D eigenvalue weighted by atomic mass is 19.4. The smallest absolute Gasteiger partial charge is 0.471 e. The summed E-state index contributed by atoms with van der Waals surface area (Å²) in [5.74, 6) is 2.40. The maximum absolute atomic E-state index is 13.5. The standard InChI is InChI=1S/C34H37F3N6O6/c1-20-7-14-27(44)25(17-20)28-23(18-41(6)40-28)11-8-22-9-12-24(13-10-22)39-29(45)26-19-42(31(47)34(35,36)37)15-16-43(26)30(46)21(2)38-32(48)49-33(3,4)5/h7,9-10,12-14,17-18,21,26,44H,15-16,19H2,1-6H3,(H,38,48)(H,39,45)/t21-,26+/m1/s1. The second-order valence-electron chi connectivity index (χ2n) is 12.6. The fraction of sp³-hybridized carbons (Fsp3) is 0.382. The van der Waals surface area contributed by atoms with E-state index in [1.807, 2.05) is 6.92 Å². The van der Waals surface area contributed by atoms with Crippen LogP contribution in [0, 0.1) is 18.8 Å². The largest absolute Gasteiger partial charge is 0.507 e. The summed E-state index contributed by atoms with van der Waals surface area (Å²) in [6, 6.07) is 8.74. The van der Waals surface area contributed by atoms with Gasteiger partial charge in [0.05, 0.1) is 12.1 Å². The van der Waals surface area contributed by atoms with Crippen LogP contribution in [-0.2, 0) is 26.2 Å². The summed E-state index contributed by atoms with van der Waals surface area (Å²) < 4.78 is 46.5. The Hall–Kier alpha value is -5.52. The summed E-state index contributed by atoms with van der Waals surface area (Å²) in [5, 5.41) is 19.8. The van der Waals surface area contributed by atoms with Crippen molar-refractivity contribution < 1.29 is 42.2 Å². The number of anilines is 1. The van der Waals surface area contributed by atoms with Gasteiger partial charge in [0, 0.05) is 43.1 Å². The first-order valence-corrected chi connectivity index (χ1v) is 15.2. The van der Waals surface area contributed by atoms with Gasteiger partial charge in [0.15, 0.2) is 0 Å². The highest BCUT2D eigenvalue weighted by Crippen LogP contribution is 2.31. The molecule has 1 fully saturated rings. The molecule has 4 amide bonds. The molecular weight excluding hydrogens is 645 g/mol. The number of amides is 4. The first kappa shape index (κ1) is 36.3. The fourth-order valence-corrected chi connectivity index (χ4v) is 5.05. The Balaban J connectivity index is 1.52. The first-order valence-electron chi connectivity index (χ1n) is 15.2. The molecule has 0 unspecified atom stereocenters. The predicted octanol–water partition coefficient (Wildman–Crippen LogP) is 3.95. The van der Waals surface area contributed by atoms with E-state index in [0.717, 1.165) is 10.5 Å². The summed E-state index contributed by atoms with van der Waals surface area (Å²) in [4.78, 5) is 52.6. The van der Waals surface area contributed by atoms with Gasteiger partial charge in [-0.05, 0) is 71.0 Å². The van der Waals surface area contributed by atoms with E-state index in [4.69, 9.17) is 4.74 Å². The minimum absolute atomic E-state index is 0.0605. The van der Waals surface area contributed by atoms with Crippen LogP contribution in [0.5, 0.6) is 5.75 Å². The number of aryl methyl sites for hydroxylation is 2. The predicted molar refractivity (Wildman–Crippen MR) is 173 cm³/mol. The lowest BCUT2D eigenvalue weighted by atomic mass is 10.0. The van der Waals surface area contributed by atoms with E-state index in [9.17, 15) is 37.5 Å². The Morgan fingerprint density at radius 1 is 1.04 bits per heavy atom. The Morgan fingerprint density at radius 2 is 1.71 bits per heavy atom. The van der Waals surface area contributed by atoms with Gasteiger partial charge in [0.25, 0.3) is 0 Å². The molecule has 0 bridgehead atoms. The van der Waals surface area contributed by atoms with Crippen LogP contribution in [-0.4, -0.2) is 92.0 Å². The average Bonchev–Trinajstić information content (AvgIpc) is 3.39. The van der Waals surface area contributed by atoms with Gasteiger partial charge in [-0.1, -0.05) is 23.5 Å². The van der Waals surface area contributed by atoms with Crippen LogP contribution in [0.15, 0.2) is 48.7 Å². The molecule has 1 aromatic heterocycles. The number of alkyl halides is 3. The number of alkyl carbamates (subject to hydrolysis) is 1. The minimum atomic E-state index is -5.17. The second kappa shape index (κ2) is 14.3. The number of hydrogen-bond donors (Lipinski definition) is 3. The van der Waals surface area contributed by atoms with Gasteiger partial charge in [-0.15, -0.1) is 0 Å². The molecule has 4 rings (SSSR count). The van der Waals surface area contributed by atoms with E-state index in [1.54, 1.807) is 69.0 Å². The molecule has 3 aromatic rings. The van der Waals surface area contributed by atoms with E-state index in [-0.39, 0.29) is 18.0 Å². The number of nitrogens with one attached hydrogen (secondary N) is 2. The van der Waals surface area contributed by atoms with Gasteiger partial charge in [-0.2, -0.15) is 18.3 Å². The van der Waals surface area contributed by atoms with Crippen LogP contribution >= 0.6 is 0 Å². The summed E-state index contributed by atoms with van der Waals surface area (Å²) in [6.07, 6.45) is -4.35. The number of phenols is 1. The zero-order chi connectivity index (χ0) is 36.3. The van der Waals surface area contributed by atoms with Crippen molar-refractivity contribution >= 4 is 29.5 Å². The molecule has 260 valence electrons. The number of rotatable bonds is 5. The van der Waals surface area contributed by atoms with Crippen LogP contribution in [0.25, 0.3) is 11.3 Å². The molecule has 2 aromatic carbocycles. The van der Waals surface area contributed by atoms with Crippen molar-refractivity contribution in [3.8, 4) is 28.8 Å².